The molecule has 1 aromatic rings. The Morgan fingerprint density at radius 3 is 2.93 bits per heavy atom. The lowest BCUT2D eigenvalue weighted by Gasteiger charge is -2.19. The first-order valence-electron chi connectivity index (χ1n) is 5.31. The maximum absolute atomic E-state index is 6.05. The number of benzene rings is 1. The zero-order chi connectivity index (χ0) is 11.0. The van der Waals surface area contributed by atoms with E-state index in [1.54, 1.807) is 0 Å². The van der Waals surface area contributed by atoms with Crippen LogP contribution >= 0.6 is 11.6 Å². The van der Waals surface area contributed by atoms with Crippen molar-refractivity contribution >= 4 is 17.3 Å². The molecule has 0 radical (unpaired) electrons. The van der Waals surface area contributed by atoms with Gasteiger partial charge in [-0.15, -0.1) is 0 Å². The summed E-state index contributed by atoms with van der Waals surface area (Å²) in [5.41, 5.74) is 2.68. The minimum atomic E-state index is 0.479. The van der Waals surface area contributed by atoms with Crippen LogP contribution in [-0.2, 0) is 0 Å². The highest BCUT2D eigenvalue weighted by Gasteiger charge is 2.29. The summed E-state index contributed by atoms with van der Waals surface area (Å²) in [6, 6.07) is 6.65. The largest absolute Gasteiger partial charge is 0.374 e. The number of nitrogens with one attached hydrogen (secondary N) is 1. The lowest BCUT2D eigenvalue weighted by Crippen LogP contribution is -2.31. The van der Waals surface area contributed by atoms with E-state index < -0.39 is 0 Å². The van der Waals surface area contributed by atoms with E-state index in [1.807, 2.05) is 13.1 Å². The highest BCUT2D eigenvalue weighted by molar-refractivity contribution is 6.30. The second-order valence-electron chi connectivity index (χ2n) is 4.27. The van der Waals surface area contributed by atoms with Gasteiger partial charge in [-0.3, -0.25) is 0 Å². The second kappa shape index (κ2) is 4.03. The Kier molecular flexibility index (Phi) is 2.89. The van der Waals surface area contributed by atoms with Crippen molar-refractivity contribution in [1.29, 1.82) is 0 Å². The van der Waals surface area contributed by atoms with Gasteiger partial charge in [0.1, 0.15) is 0 Å². The highest BCUT2D eigenvalue weighted by atomic mass is 35.5. The van der Waals surface area contributed by atoms with Crippen LogP contribution in [-0.4, -0.2) is 26.7 Å². The van der Waals surface area contributed by atoms with Crippen molar-refractivity contribution in [2.75, 3.05) is 25.5 Å². The molecule has 0 spiro atoms. The lowest BCUT2D eigenvalue weighted by atomic mass is 9.95. The molecule has 1 aliphatic rings. The summed E-state index contributed by atoms with van der Waals surface area (Å²) in [7, 11) is 4.14. The normalized spacial score (nSPS) is 21.6. The van der Waals surface area contributed by atoms with Crippen molar-refractivity contribution in [3.8, 4) is 0 Å². The van der Waals surface area contributed by atoms with Crippen LogP contribution in [0.3, 0.4) is 0 Å². The summed E-state index contributed by atoms with van der Waals surface area (Å²) >= 11 is 6.05. The van der Waals surface area contributed by atoms with Gasteiger partial charge in [0.05, 0.1) is 0 Å². The van der Waals surface area contributed by atoms with Crippen LogP contribution in [0.15, 0.2) is 18.2 Å². The minimum absolute atomic E-state index is 0.479. The third-order valence-corrected chi connectivity index (χ3v) is 3.56. The molecule has 0 aromatic heterocycles. The molecule has 0 bridgehead atoms. The van der Waals surface area contributed by atoms with Crippen LogP contribution in [0.25, 0.3) is 0 Å². The van der Waals surface area contributed by atoms with E-state index in [0.29, 0.717) is 12.0 Å². The topological polar surface area (TPSA) is 15.3 Å². The Balaban J connectivity index is 2.39. The number of nitrogens with zero attached hydrogens (tertiary/aromatic N) is 1. The first kappa shape index (κ1) is 10.8. The Labute approximate surface area is 96.2 Å². The molecule has 0 saturated heterocycles. The molecule has 1 aliphatic heterocycles. The SMILES string of the molecule is CNC(C)C1CN(C)c2ccc(Cl)cc21. The molecule has 1 aromatic carbocycles. The van der Waals surface area contributed by atoms with Crippen molar-refractivity contribution in [1.82, 2.24) is 5.32 Å². The average molecular weight is 225 g/mol. The van der Waals surface area contributed by atoms with E-state index >= 15 is 0 Å². The van der Waals surface area contributed by atoms with Crippen LogP contribution < -0.4 is 10.2 Å². The third kappa shape index (κ3) is 1.84. The molecule has 0 amide bonds. The van der Waals surface area contributed by atoms with Crippen molar-refractivity contribution in [3.63, 3.8) is 0 Å². The van der Waals surface area contributed by atoms with E-state index in [-0.39, 0.29) is 0 Å². The van der Waals surface area contributed by atoms with Gasteiger partial charge >= 0.3 is 0 Å². The van der Waals surface area contributed by atoms with Crippen LogP contribution in [0.4, 0.5) is 5.69 Å². The molecule has 0 fully saturated rings. The fourth-order valence-electron chi connectivity index (χ4n) is 2.29. The predicted molar refractivity (Wildman–Crippen MR) is 66.0 cm³/mol. The number of anilines is 1. The molecule has 1 N–H and O–H groups in total. The first-order valence-corrected chi connectivity index (χ1v) is 5.69. The summed E-state index contributed by atoms with van der Waals surface area (Å²) in [5, 5.41) is 4.15. The molecule has 2 nitrogen and oxygen atoms in total. The zero-order valence-corrected chi connectivity index (χ0v) is 10.2. The molecular formula is C12H17ClN2. The summed E-state index contributed by atoms with van der Waals surface area (Å²) < 4.78 is 0. The first-order chi connectivity index (χ1) is 7.13. The Morgan fingerprint density at radius 1 is 1.53 bits per heavy atom. The fourth-order valence-corrected chi connectivity index (χ4v) is 2.47. The molecule has 0 aliphatic carbocycles. The number of hydrogen-bond donors (Lipinski definition) is 1. The molecule has 3 heteroatoms. The fraction of sp³-hybridized carbons (Fsp3) is 0.500. The van der Waals surface area contributed by atoms with E-state index in [1.165, 1.54) is 11.3 Å². The average Bonchev–Trinajstić information content (AvgIpc) is 2.54. The standard InChI is InChI=1S/C12H17ClN2/c1-8(14-2)11-7-15(3)12-5-4-9(13)6-10(11)12/h4-6,8,11,14H,7H2,1-3H3. The molecule has 15 heavy (non-hydrogen) atoms. The van der Waals surface area contributed by atoms with Gasteiger partial charge in [-0.25, -0.2) is 0 Å². The molecule has 82 valence electrons. The molecular weight excluding hydrogens is 208 g/mol. The van der Waals surface area contributed by atoms with E-state index in [9.17, 15) is 0 Å². The van der Waals surface area contributed by atoms with Crippen molar-refractivity contribution in [3.05, 3.63) is 28.8 Å². The Hall–Kier alpha value is -0.730. The predicted octanol–water partition coefficient (Wildman–Crippen LogP) is 2.48. The summed E-state index contributed by atoms with van der Waals surface area (Å²) in [4.78, 5) is 2.30. The Morgan fingerprint density at radius 2 is 2.27 bits per heavy atom. The molecule has 1 heterocycles. The zero-order valence-electron chi connectivity index (χ0n) is 9.42. The van der Waals surface area contributed by atoms with Crippen molar-refractivity contribution < 1.29 is 0 Å². The lowest BCUT2D eigenvalue weighted by molar-refractivity contribution is 0.513. The van der Waals surface area contributed by atoms with Gasteiger partial charge < -0.3 is 10.2 Å². The third-order valence-electron chi connectivity index (χ3n) is 3.33. The van der Waals surface area contributed by atoms with E-state index in [2.05, 4.69) is 36.3 Å². The van der Waals surface area contributed by atoms with Gasteiger partial charge in [0.15, 0.2) is 0 Å². The van der Waals surface area contributed by atoms with E-state index in [0.717, 1.165) is 11.6 Å². The molecule has 2 unspecified atom stereocenters. The number of likely N-dealkylation sites (N-methyl/N-ethyl adjacent to an activating group) is 2. The minimum Gasteiger partial charge on any atom is -0.374 e. The molecule has 0 saturated carbocycles. The van der Waals surface area contributed by atoms with Crippen LogP contribution in [0, 0.1) is 0 Å². The smallest absolute Gasteiger partial charge is 0.0410 e. The number of hydrogen-bond acceptors (Lipinski definition) is 2. The number of fused-ring (bicyclic) bond motifs is 1. The van der Waals surface area contributed by atoms with Gasteiger partial charge in [0, 0.05) is 36.3 Å². The van der Waals surface area contributed by atoms with Gasteiger partial charge in [0.2, 0.25) is 0 Å². The monoisotopic (exact) mass is 224 g/mol. The second-order valence-corrected chi connectivity index (χ2v) is 4.70. The molecule has 2 rings (SSSR count). The summed E-state index contributed by atoms with van der Waals surface area (Å²) in [6.07, 6.45) is 0. The Bertz CT molecular complexity index is 365. The van der Waals surface area contributed by atoms with Crippen molar-refractivity contribution in [2.45, 2.75) is 18.9 Å². The van der Waals surface area contributed by atoms with Crippen molar-refractivity contribution in [2.24, 2.45) is 0 Å². The quantitative estimate of drug-likeness (QED) is 0.831. The van der Waals surface area contributed by atoms with Crippen LogP contribution in [0.2, 0.25) is 5.02 Å². The maximum Gasteiger partial charge on any atom is 0.0410 e. The van der Waals surface area contributed by atoms with Crippen LogP contribution in [0.5, 0.6) is 0 Å². The van der Waals surface area contributed by atoms with Gasteiger partial charge in [-0.2, -0.15) is 0 Å². The van der Waals surface area contributed by atoms with E-state index in [4.69, 9.17) is 11.6 Å². The van der Waals surface area contributed by atoms with Gasteiger partial charge in [0.25, 0.3) is 0 Å². The molecule has 2 atom stereocenters. The van der Waals surface area contributed by atoms with Crippen LogP contribution in [0.1, 0.15) is 18.4 Å². The van der Waals surface area contributed by atoms with Gasteiger partial charge in [-0.1, -0.05) is 11.6 Å². The number of halogens is 1. The number of rotatable bonds is 2. The highest BCUT2D eigenvalue weighted by Crippen LogP contribution is 2.38. The maximum atomic E-state index is 6.05. The summed E-state index contributed by atoms with van der Waals surface area (Å²) in [5.74, 6) is 0.536. The summed E-state index contributed by atoms with van der Waals surface area (Å²) in [6.45, 7) is 3.28. The van der Waals surface area contributed by atoms with Gasteiger partial charge in [-0.05, 0) is 37.7 Å².